The van der Waals surface area contributed by atoms with Crippen molar-refractivity contribution in [2.75, 3.05) is 19.8 Å². The molecule has 2 aromatic rings. The van der Waals surface area contributed by atoms with Crippen LogP contribution in [0.5, 0.6) is 17.2 Å². The summed E-state index contributed by atoms with van der Waals surface area (Å²) < 4.78 is 17.8. The number of carbonyl (C=O) groups is 1. The number of hydrogen-bond acceptors (Lipinski definition) is 4. The van der Waals surface area contributed by atoms with Crippen LogP contribution in [0.3, 0.4) is 0 Å². The second kappa shape index (κ2) is 14.9. The molecule has 0 aromatic heterocycles. The summed E-state index contributed by atoms with van der Waals surface area (Å²) in [4.78, 5) is 12.7. The van der Waals surface area contributed by atoms with Gasteiger partial charge in [0.25, 0.3) is 0 Å². The summed E-state index contributed by atoms with van der Waals surface area (Å²) in [6, 6.07) is 11.2. The first-order valence-electron chi connectivity index (χ1n) is 12.1. The highest BCUT2D eigenvalue weighted by Crippen LogP contribution is 2.33. The molecular formula is C29H38O4. The molecule has 178 valence electrons. The van der Waals surface area contributed by atoms with Crippen molar-refractivity contribution in [3.05, 3.63) is 71.8 Å². The Morgan fingerprint density at radius 1 is 0.848 bits per heavy atom. The van der Waals surface area contributed by atoms with Gasteiger partial charge in [-0.25, -0.2) is 0 Å². The largest absolute Gasteiger partial charge is 0.494 e. The van der Waals surface area contributed by atoms with Gasteiger partial charge in [-0.05, 0) is 73.7 Å². The predicted molar refractivity (Wildman–Crippen MR) is 137 cm³/mol. The van der Waals surface area contributed by atoms with E-state index in [0.717, 1.165) is 60.5 Å². The smallest absolute Gasteiger partial charge is 0.185 e. The molecule has 0 atom stereocenters. The van der Waals surface area contributed by atoms with Gasteiger partial charge in [-0.3, -0.25) is 4.79 Å². The molecule has 0 saturated carbocycles. The summed E-state index contributed by atoms with van der Waals surface area (Å²) in [5, 5.41) is 0. The predicted octanol–water partition coefficient (Wildman–Crippen LogP) is 7.46. The second-order valence-electron chi connectivity index (χ2n) is 7.96. The molecule has 2 aromatic carbocycles. The van der Waals surface area contributed by atoms with Crippen molar-refractivity contribution in [2.45, 2.75) is 59.3 Å². The summed E-state index contributed by atoms with van der Waals surface area (Å²) in [5.41, 5.74) is 2.50. The molecule has 4 heteroatoms. The number of carbonyl (C=O) groups excluding carboxylic acids is 1. The van der Waals surface area contributed by atoms with Crippen molar-refractivity contribution >= 4 is 11.9 Å². The first kappa shape index (κ1) is 26.2. The van der Waals surface area contributed by atoms with Crippen LogP contribution >= 0.6 is 0 Å². The average molecular weight is 451 g/mol. The molecule has 0 unspecified atom stereocenters. The van der Waals surface area contributed by atoms with Crippen LogP contribution < -0.4 is 14.2 Å². The Kier molecular flexibility index (Phi) is 11.9. The van der Waals surface area contributed by atoms with E-state index in [2.05, 4.69) is 27.4 Å². The van der Waals surface area contributed by atoms with Gasteiger partial charge in [-0.15, -0.1) is 6.58 Å². The molecule has 0 N–H and O–H groups in total. The summed E-state index contributed by atoms with van der Waals surface area (Å²) in [6.07, 6.45) is 11.0. The molecule has 4 nitrogen and oxygen atoms in total. The van der Waals surface area contributed by atoms with E-state index in [0.29, 0.717) is 31.8 Å². The maximum atomic E-state index is 12.7. The second-order valence-corrected chi connectivity index (χ2v) is 7.96. The highest BCUT2D eigenvalue weighted by atomic mass is 16.5. The van der Waals surface area contributed by atoms with E-state index in [1.807, 2.05) is 36.4 Å². The molecule has 0 amide bonds. The van der Waals surface area contributed by atoms with Crippen LogP contribution in [0.15, 0.2) is 55.1 Å². The SMILES string of the molecule is C=CCc1c(OCCCC)cc(C=CC(=O)c2ccc(OCCC)cc2)cc1OCCCC. The highest BCUT2D eigenvalue weighted by molar-refractivity contribution is 6.06. The van der Waals surface area contributed by atoms with Crippen molar-refractivity contribution in [2.24, 2.45) is 0 Å². The summed E-state index contributed by atoms with van der Waals surface area (Å²) in [6.45, 7) is 12.2. The lowest BCUT2D eigenvalue weighted by Crippen LogP contribution is -2.05. The minimum Gasteiger partial charge on any atom is -0.494 e. The zero-order valence-electron chi connectivity index (χ0n) is 20.4. The highest BCUT2D eigenvalue weighted by Gasteiger charge is 2.13. The van der Waals surface area contributed by atoms with Crippen molar-refractivity contribution in [3.63, 3.8) is 0 Å². The first-order valence-corrected chi connectivity index (χ1v) is 12.1. The topological polar surface area (TPSA) is 44.8 Å². The van der Waals surface area contributed by atoms with E-state index in [1.54, 1.807) is 18.2 Å². The van der Waals surface area contributed by atoms with Gasteiger partial charge < -0.3 is 14.2 Å². The molecule has 2 rings (SSSR count). The third kappa shape index (κ3) is 8.80. The maximum absolute atomic E-state index is 12.7. The van der Waals surface area contributed by atoms with Crippen LogP contribution in [0.4, 0.5) is 0 Å². The maximum Gasteiger partial charge on any atom is 0.185 e. The Balaban J connectivity index is 2.25. The van der Waals surface area contributed by atoms with Gasteiger partial charge in [0.2, 0.25) is 0 Å². The van der Waals surface area contributed by atoms with Crippen molar-refractivity contribution < 1.29 is 19.0 Å². The standard InChI is InChI=1S/C29H38O4/c1-5-9-19-32-28-21-23(22-29(26(28)11-7-3)33-20-10-6-2)12-17-27(30)24-13-15-25(16-14-24)31-18-8-4/h7,12-17,21-22H,3,5-6,8-11,18-20H2,1-2,4H3. The zero-order valence-corrected chi connectivity index (χ0v) is 20.4. The number of ketones is 1. The Morgan fingerprint density at radius 2 is 1.45 bits per heavy atom. The fourth-order valence-electron chi connectivity index (χ4n) is 3.20. The normalized spacial score (nSPS) is 10.9. The van der Waals surface area contributed by atoms with Crippen LogP contribution in [0.1, 0.15) is 74.4 Å². The zero-order chi connectivity index (χ0) is 23.9. The third-order valence-corrected chi connectivity index (χ3v) is 5.09. The van der Waals surface area contributed by atoms with Gasteiger partial charge in [0.1, 0.15) is 17.2 Å². The molecule has 0 bridgehead atoms. The molecule has 0 radical (unpaired) electrons. The van der Waals surface area contributed by atoms with E-state index >= 15 is 0 Å². The molecule has 0 spiro atoms. The fraction of sp³-hybridized carbons (Fsp3) is 0.414. The van der Waals surface area contributed by atoms with Crippen LogP contribution in [0, 0.1) is 0 Å². The average Bonchev–Trinajstić information content (AvgIpc) is 2.83. The Hall–Kier alpha value is -3.01. The molecular weight excluding hydrogens is 412 g/mol. The number of benzene rings is 2. The lowest BCUT2D eigenvalue weighted by Gasteiger charge is -2.17. The monoisotopic (exact) mass is 450 g/mol. The first-order chi connectivity index (χ1) is 16.1. The minimum absolute atomic E-state index is 0.0610. The number of allylic oxidation sites excluding steroid dienone is 2. The van der Waals surface area contributed by atoms with E-state index in [9.17, 15) is 4.79 Å². The third-order valence-electron chi connectivity index (χ3n) is 5.09. The fourth-order valence-corrected chi connectivity index (χ4v) is 3.20. The molecule has 0 fully saturated rings. The number of ether oxygens (including phenoxy) is 3. The van der Waals surface area contributed by atoms with Crippen LogP contribution in [0.25, 0.3) is 6.08 Å². The molecule has 0 aliphatic heterocycles. The quantitative estimate of drug-likeness (QED) is 0.115. The van der Waals surface area contributed by atoms with Gasteiger partial charge >= 0.3 is 0 Å². The van der Waals surface area contributed by atoms with Crippen molar-refractivity contribution in [1.29, 1.82) is 0 Å². The van der Waals surface area contributed by atoms with Gasteiger partial charge in [-0.1, -0.05) is 45.8 Å². The summed E-state index contributed by atoms with van der Waals surface area (Å²) in [5.74, 6) is 2.30. The summed E-state index contributed by atoms with van der Waals surface area (Å²) >= 11 is 0. The number of unbranched alkanes of at least 4 members (excludes halogenated alkanes) is 2. The molecule has 0 aliphatic rings. The van der Waals surface area contributed by atoms with Crippen molar-refractivity contribution in [1.82, 2.24) is 0 Å². The Bertz CT molecular complexity index is 865. The molecule has 0 heterocycles. The molecule has 33 heavy (non-hydrogen) atoms. The van der Waals surface area contributed by atoms with Gasteiger partial charge in [0.05, 0.1) is 19.8 Å². The van der Waals surface area contributed by atoms with Crippen LogP contribution in [-0.2, 0) is 6.42 Å². The number of hydrogen-bond donors (Lipinski definition) is 0. The summed E-state index contributed by atoms with van der Waals surface area (Å²) in [7, 11) is 0. The van der Waals surface area contributed by atoms with Crippen molar-refractivity contribution in [3.8, 4) is 17.2 Å². The Labute approximate surface area is 199 Å². The van der Waals surface area contributed by atoms with Gasteiger partial charge in [-0.2, -0.15) is 0 Å². The van der Waals surface area contributed by atoms with Crippen LogP contribution in [0.2, 0.25) is 0 Å². The van der Waals surface area contributed by atoms with Gasteiger partial charge in [0, 0.05) is 11.1 Å². The molecule has 0 saturated heterocycles. The van der Waals surface area contributed by atoms with E-state index in [4.69, 9.17) is 14.2 Å². The van der Waals surface area contributed by atoms with E-state index < -0.39 is 0 Å². The van der Waals surface area contributed by atoms with Crippen LogP contribution in [-0.4, -0.2) is 25.6 Å². The van der Waals surface area contributed by atoms with E-state index in [1.165, 1.54) is 0 Å². The van der Waals surface area contributed by atoms with Gasteiger partial charge in [0.15, 0.2) is 5.78 Å². The molecule has 0 aliphatic carbocycles. The van der Waals surface area contributed by atoms with E-state index in [-0.39, 0.29) is 5.78 Å². The number of rotatable bonds is 16. The lowest BCUT2D eigenvalue weighted by molar-refractivity contribution is 0.104. The lowest BCUT2D eigenvalue weighted by atomic mass is 10.0. The minimum atomic E-state index is -0.0610. The Morgan fingerprint density at radius 3 is 1.97 bits per heavy atom.